The first-order valence-electron chi connectivity index (χ1n) is 12.4. The summed E-state index contributed by atoms with van der Waals surface area (Å²) in [6.07, 6.45) is 10.7. The number of rotatable bonds is 15. The molecule has 0 aliphatic rings. The number of ketones is 1. The number of unbranched alkanes of at least 4 members (excludes halogenated alkanes) is 6. The standard InChI is InChI=1S/C17H15NO2.C12H26O/c18-13-7-12-17(20,15-10-5-2-6-11-15)16(19)14-8-3-1-4-9-14;1-3-5-7-9-11-13-12-10-8-6-4-2/h1-6,8-11,20H,7,12H2;3-12H2,1-2H3. The number of Topliss-reactive ketones (excluding diaryl/α,β-unsaturated/α-hetero) is 1. The third-order valence-corrected chi connectivity index (χ3v) is 5.55. The Morgan fingerprint density at radius 3 is 1.85 bits per heavy atom. The van der Waals surface area contributed by atoms with E-state index in [0.29, 0.717) is 11.1 Å². The van der Waals surface area contributed by atoms with Crippen LogP contribution in [0.3, 0.4) is 0 Å². The molecule has 0 saturated carbocycles. The fraction of sp³-hybridized carbons (Fsp3) is 0.517. The van der Waals surface area contributed by atoms with E-state index in [2.05, 4.69) is 13.8 Å². The summed E-state index contributed by atoms with van der Waals surface area (Å²) in [5.74, 6) is -0.375. The molecule has 0 spiro atoms. The van der Waals surface area contributed by atoms with Crippen LogP contribution in [0.4, 0.5) is 0 Å². The average Bonchev–Trinajstić information content (AvgIpc) is 2.87. The number of benzene rings is 2. The molecular formula is C29H41NO3. The van der Waals surface area contributed by atoms with Crippen LogP contribution in [0.5, 0.6) is 0 Å². The normalized spacial score (nSPS) is 12.2. The van der Waals surface area contributed by atoms with Crippen LogP contribution in [-0.2, 0) is 10.3 Å². The second-order valence-corrected chi connectivity index (χ2v) is 8.31. The molecule has 180 valence electrons. The highest BCUT2D eigenvalue weighted by Crippen LogP contribution is 2.30. The van der Waals surface area contributed by atoms with E-state index < -0.39 is 5.60 Å². The van der Waals surface area contributed by atoms with Gasteiger partial charge in [-0.25, -0.2) is 0 Å². The Kier molecular flexibility index (Phi) is 15.6. The van der Waals surface area contributed by atoms with Crippen molar-refractivity contribution in [1.82, 2.24) is 0 Å². The number of ether oxygens (including phenoxy) is 1. The molecule has 0 aliphatic carbocycles. The van der Waals surface area contributed by atoms with Crippen LogP contribution >= 0.6 is 0 Å². The van der Waals surface area contributed by atoms with E-state index in [1.54, 1.807) is 48.5 Å². The van der Waals surface area contributed by atoms with E-state index in [0.717, 1.165) is 13.2 Å². The summed E-state index contributed by atoms with van der Waals surface area (Å²) >= 11 is 0. The molecule has 0 saturated heterocycles. The lowest BCUT2D eigenvalue weighted by Gasteiger charge is -2.26. The minimum atomic E-state index is -1.65. The fourth-order valence-electron chi connectivity index (χ4n) is 3.53. The molecule has 1 atom stereocenters. The Hall–Kier alpha value is -2.48. The summed E-state index contributed by atoms with van der Waals surface area (Å²) in [6, 6.07) is 19.4. The third-order valence-electron chi connectivity index (χ3n) is 5.55. The maximum absolute atomic E-state index is 12.6. The lowest BCUT2D eigenvalue weighted by Crippen LogP contribution is -2.35. The van der Waals surface area contributed by atoms with Gasteiger partial charge in [0.15, 0.2) is 11.4 Å². The largest absolute Gasteiger partial charge is 0.381 e. The van der Waals surface area contributed by atoms with Crippen molar-refractivity contribution in [2.24, 2.45) is 0 Å². The van der Waals surface area contributed by atoms with Crippen LogP contribution in [0.15, 0.2) is 60.7 Å². The molecule has 33 heavy (non-hydrogen) atoms. The average molecular weight is 452 g/mol. The molecule has 4 heteroatoms. The predicted octanol–water partition coefficient (Wildman–Crippen LogP) is 7.22. The maximum Gasteiger partial charge on any atom is 0.198 e. The number of nitrogens with zero attached hydrogens (tertiary/aromatic N) is 1. The zero-order valence-electron chi connectivity index (χ0n) is 20.5. The van der Waals surface area contributed by atoms with Crippen molar-refractivity contribution < 1.29 is 14.6 Å². The van der Waals surface area contributed by atoms with Crippen molar-refractivity contribution in [3.8, 4) is 6.07 Å². The van der Waals surface area contributed by atoms with E-state index in [4.69, 9.17) is 10.00 Å². The van der Waals surface area contributed by atoms with Gasteiger partial charge in [0.1, 0.15) is 0 Å². The number of nitriles is 1. The molecule has 2 aromatic carbocycles. The number of carbonyl (C=O) groups excluding carboxylic acids is 1. The van der Waals surface area contributed by atoms with Crippen molar-refractivity contribution in [3.63, 3.8) is 0 Å². The molecule has 0 fully saturated rings. The lowest BCUT2D eigenvalue weighted by atomic mass is 9.82. The first-order chi connectivity index (χ1) is 16.1. The van der Waals surface area contributed by atoms with Gasteiger partial charge >= 0.3 is 0 Å². The van der Waals surface area contributed by atoms with Crippen LogP contribution < -0.4 is 0 Å². The molecular weight excluding hydrogens is 410 g/mol. The van der Waals surface area contributed by atoms with Crippen molar-refractivity contribution in [3.05, 3.63) is 71.8 Å². The first kappa shape index (κ1) is 28.6. The molecule has 0 aromatic heterocycles. The minimum Gasteiger partial charge on any atom is -0.381 e. The van der Waals surface area contributed by atoms with Crippen LogP contribution in [0.1, 0.15) is 94.0 Å². The summed E-state index contributed by atoms with van der Waals surface area (Å²) in [4.78, 5) is 12.6. The van der Waals surface area contributed by atoms with Crippen molar-refractivity contribution in [1.29, 1.82) is 5.26 Å². The molecule has 0 amide bonds. The zero-order valence-corrected chi connectivity index (χ0v) is 20.5. The predicted molar refractivity (Wildman–Crippen MR) is 135 cm³/mol. The topological polar surface area (TPSA) is 70.3 Å². The number of hydrogen-bond acceptors (Lipinski definition) is 4. The molecule has 1 unspecified atom stereocenters. The molecule has 2 aromatic rings. The van der Waals surface area contributed by atoms with E-state index in [-0.39, 0.29) is 18.6 Å². The van der Waals surface area contributed by atoms with Gasteiger partial charge < -0.3 is 9.84 Å². The van der Waals surface area contributed by atoms with Gasteiger partial charge in [-0.1, -0.05) is 113 Å². The smallest absolute Gasteiger partial charge is 0.198 e. The summed E-state index contributed by atoms with van der Waals surface area (Å²) in [7, 11) is 0. The first-order valence-corrected chi connectivity index (χ1v) is 12.4. The Labute approximate surface area is 200 Å². The Balaban J connectivity index is 0.000000366. The summed E-state index contributed by atoms with van der Waals surface area (Å²) < 4.78 is 5.53. The third kappa shape index (κ3) is 11.3. The highest BCUT2D eigenvalue weighted by molar-refractivity contribution is 6.02. The van der Waals surface area contributed by atoms with Crippen LogP contribution in [0.25, 0.3) is 0 Å². The van der Waals surface area contributed by atoms with Crippen molar-refractivity contribution >= 4 is 5.78 Å². The van der Waals surface area contributed by atoms with E-state index in [1.165, 1.54) is 51.4 Å². The van der Waals surface area contributed by atoms with Gasteiger partial charge in [0.05, 0.1) is 6.07 Å². The molecule has 0 radical (unpaired) electrons. The summed E-state index contributed by atoms with van der Waals surface area (Å²) in [6.45, 7) is 6.44. The lowest BCUT2D eigenvalue weighted by molar-refractivity contribution is 0.0258. The van der Waals surface area contributed by atoms with Gasteiger partial charge in [-0.3, -0.25) is 4.79 Å². The van der Waals surface area contributed by atoms with Gasteiger partial charge in [0, 0.05) is 31.6 Å². The van der Waals surface area contributed by atoms with Crippen LogP contribution in [-0.4, -0.2) is 24.1 Å². The molecule has 0 aliphatic heterocycles. The van der Waals surface area contributed by atoms with Crippen molar-refractivity contribution in [2.75, 3.05) is 13.2 Å². The Morgan fingerprint density at radius 1 is 0.848 bits per heavy atom. The van der Waals surface area contributed by atoms with E-state index >= 15 is 0 Å². The minimum absolute atomic E-state index is 0.0846. The van der Waals surface area contributed by atoms with Gasteiger partial charge in [-0.05, 0) is 18.4 Å². The van der Waals surface area contributed by atoms with Crippen LogP contribution in [0, 0.1) is 11.3 Å². The molecule has 2 rings (SSSR count). The summed E-state index contributed by atoms with van der Waals surface area (Å²) in [5, 5.41) is 19.6. The number of carbonyl (C=O) groups is 1. The second-order valence-electron chi connectivity index (χ2n) is 8.31. The Morgan fingerprint density at radius 2 is 1.36 bits per heavy atom. The highest BCUT2D eigenvalue weighted by Gasteiger charge is 2.37. The molecule has 1 N–H and O–H groups in total. The fourth-order valence-corrected chi connectivity index (χ4v) is 3.53. The quantitative estimate of drug-likeness (QED) is 0.229. The van der Waals surface area contributed by atoms with Gasteiger partial charge in [0.2, 0.25) is 0 Å². The van der Waals surface area contributed by atoms with Crippen molar-refractivity contribution in [2.45, 2.75) is 83.7 Å². The summed E-state index contributed by atoms with van der Waals surface area (Å²) in [5.41, 5.74) is -0.695. The SMILES string of the molecule is CCCCCCOCCCCCC.N#CCCC(O)(C(=O)c1ccccc1)c1ccccc1. The second kappa shape index (κ2) is 18.0. The molecule has 0 heterocycles. The number of hydrogen-bond donors (Lipinski definition) is 1. The number of aliphatic hydroxyl groups is 1. The van der Waals surface area contributed by atoms with Gasteiger partial charge in [-0.15, -0.1) is 0 Å². The monoisotopic (exact) mass is 451 g/mol. The maximum atomic E-state index is 12.6. The van der Waals surface area contributed by atoms with Gasteiger partial charge in [-0.2, -0.15) is 5.26 Å². The molecule has 0 bridgehead atoms. The van der Waals surface area contributed by atoms with E-state index in [1.807, 2.05) is 18.2 Å². The molecule has 4 nitrogen and oxygen atoms in total. The zero-order chi connectivity index (χ0) is 24.2. The van der Waals surface area contributed by atoms with E-state index in [9.17, 15) is 9.90 Å². The van der Waals surface area contributed by atoms with Crippen LogP contribution in [0.2, 0.25) is 0 Å². The van der Waals surface area contributed by atoms with Gasteiger partial charge in [0.25, 0.3) is 0 Å². The highest BCUT2D eigenvalue weighted by atomic mass is 16.5. The Bertz CT molecular complexity index is 776.